The number of imidazole rings is 1. The van der Waals surface area contributed by atoms with Crippen LogP contribution < -0.4 is 0 Å². The summed E-state index contributed by atoms with van der Waals surface area (Å²) in [5.41, 5.74) is 0.848. The Bertz CT molecular complexity index is 835. The van der Waals surface area contributed by atoms with Crippen LogP contribution in [0.3, 0.4) is 0 Å². The third-order valence-corrected chi connectivity index (χ3v) is 4.32. The Morgan fingerprint density at radius 2 is 2.33 bits per heavy atom. The second-order valence-corrected chi connectivity index (χ2v) is 6.10. The van der Waals surface area contributed by atoms with E-state index < -0.39 is 0 Å². The van der Waals surface area contributed by atoms with Gasteiger partial charge in [0, 0.05) is 43.5 Å². The molecule has 0 radical (unpaired) electrons. The number of carbonyl (C=O) groups is 1. The van der Waals surface area contributed by atoms with E-state index in [0.717, 1.165) is 17.9 Å². The summed E-state index contributed by atoms with van der Waals surface area (Å²) in [6.07, 6.45) is 8.50. The Labute approximate surface area is 138 Å². The third kappa shape index (κ3) is 2.70. The first kappa shape index (κ1) is 14.7. The van der Waals surface area contributed by atoms with Crippen LogP contribution in [0.1, 0.15) is 21.9 Å². The molecule has 4 heterocycles. The maximum Gasteiger partial charge on any atom is 0.290 e. The van der Waals surface area contributed by atoms with Crippen molar-refractivity contribution in [1.82, 2.24) is 29.2 Å². The fourth-order valence-corrected chi connectivity index (χ4v) is 3.14. The lowest BCUT2D eigenvalue weighted by molar-refractivity contribution is 0.0679. The molecule has 0 saturated carbocycles. The first-order chi connectivity index (χ1) is 11.7. The average molecular weight is 326 g/mol. The van der Waals surface area contributed by atoms with Crippen molar-refractivity contribution >= 4 is 5.91 Å². The normalized spacial score (nSPS) is 17.5. The van der Waals surface area contributed by atoms with Crippen molar-refractivity contribution in [3.63, 3.8) is 0 Å². The van der Waals surface area contributed by atoms with Gasteiger partial charge in [-0.15, -0.1) is 0 Å². The lowest BCUT2D eigenvalue weighted by Crippen LogP contribution is -2.35. The molecule has 124 valence electrons. The van der Waals surface area contributed by atoms with Crippen LogP contribution in [0.2, 0.25) is 0 Å². The highest BCUT2D eigenvalue weighted by Gasteiger charge is 2.28. The summed E-state index contributed by atoms with van der Waals surface area (Å²) in [4.78, 5) is 23.1. The lowest BCUT2D eigenvalue weighted by atomic mass is 10.1. The second-order valence-electron chi connectivity index (χ2n) is 6.10. The van der Waals surface area contributed by atoms with Gasteiger partial charge in [0.15, 0.2) is 5.76 Å². The van der Waals surface area contributed by atoms with Gasteiger partial charge in [-0.25, -0.2) is 9.97 Å². The van der Waals surface area contributed by atoms with E-state index in [-0.39, 0.29) is 11.8 Å². The largest absolute Gasteiger partial charge is 0.459 e. The zero-order valence-corrected chi connectivity index (χ0v) is 13.4. The molecule has 0 saturated heterocycles. The molecule has 4 rings (SSSR count). The van der Waals surface area contributed by atoms with Crippen molar-refractivity contribution in [2.75, 3.05) is 6.54 Å². The van der Waals surface area contributed by atoms with Gasteiger partial charge in [-0.3, -0.25) is 9.48 Å². The van der Waals surface area contributed by atoms with Gasteiger partial charge in [-0.1, -0.05) is 0 Å². The van der Waals surface area contributed by atoms with E-state index in [4.69, 9.17) is 4.42 Å². The SMILES string of the molecule is Cc1ccoc1C(=O)N1Cc2nccn2C[C@@H](Cn2cncn2)C1. The van der Waals surface area contributed by atoms with Crippen molar-refractivity contribution < 1.29 is 9.21 Å². The van der Waals surface area contributed by atoms with Crippen LogP contribution in [0.4, 0.5) is 0 Å². The fourth-order valence-electron chi connectivity index (χ4n) is 3.14. The molecule has 0 aliphatic carbocycles. The molecule has 3 aromatic rings. The number of aryl methyl sites for hydroxylation is 1. The molecule has 8 nitrogen and oxygen atoms in total. The van der Waals surface area contributed by atoms with Crippen molar-refractivity contribution in [3.05, 3.63) is 54.5 Å². The molecule has 1 aliphatic rings. The van der Waals surface area contributed by atoms with E-state index >= 15 is 0 Å². The van der Waals surface area contributed by atoms with E-state index in [1.807, 2.05) is 13.1 Å². The molecular formula is C16H18N6O2. The minimum atomic E-state index is -0.0995. The van der Waals surface area contributed by atoms with Crippen molar-refractivity contribution in [3.8, 4) is 0 Å². The van der Waals surface area contributed by atoms with Crippen LogP contribution in [0, 0.1) is 12.8 Å². The van der Waals surface area contributed by atoms with Gasteiger partial charge in [0.05, 0.1) is 12.8 Å². The predicted molar refractivity (Wildman–Crippen MR) is 83.9 cm³/mol. The first-order valence-electron chi connectivity index (χ1n) is 7.86. The summed E-state index contributed by atoms with van der Waals surface area (Å²) in [5.74, 6) is 1.39. The number of hydrogen-bond acceptors (Lipinski definition) is 5. The summed E-state index contributed by atoms with van der Waals surface area (Å²) in [6.45, 7) is 4.44. The quantitative estimate of drug-likeness (QED) is 0.725. The number of amides is 1. The second kappa shape index (κ2) is 5.95. The molecule has 0 spiro atoms. The van der Waals surface area contributed by atoms with Crippen molar-refractivity contribution in [2.45, 2.75) is 26.6 Å². The van der Waals surface area contributed by atoms with Crippen molar-refractivity contribution in [2.24, 2.45) is 5.92 Å². The Morgan fingerprint density at radius 3 is 3.08 bits per heavy atom. The zero-order chi connectivity index (χ0) is 16.5. The van der Waals surface area contributed by atoms with Gasteiger partial charge >= 0.3 is 0 Å². The molecule has 8 heteroatoms. The molecule has 1 aliphatic heterocycles. The minimum absolute atomic E-state index is 0.0995. The number of nitrogens with zero attached hydrogens (tertiary/aromatic N) is 6. The number of aromatic nitrogens is 5. The summed E-state index contributed by atoms with van der Waals surface area (Å²) in [6, 6.07) is 1.80. The van der Waals surface area contributed by atoms with Gasteiger partial charge in [0.1, 0.15) is 18.5 Å². The standard InChI is InChI=1S/C16H18N6O2/c1-12-2-5-24-15(12)16(23)21-7-13(8-22-11-17-10-19-22)6-20-4-3-18-14(20)9-21/h2-5,10-11,13H,6-9H2,1H3/t13-/m1/s1. The Morgan fingerprint density at radius 1 is 1.42 bits per heavy atom. The van der Waals surface area contributed by atoms with Gasteiger partial charge in [-0.05, 0) is 13.0 Å². The smallest absolute Gasteiger partial charge is 0.290 e. The zero-order valence-electron chi connectivity index (χ0n) is 13.4. The molecule has 24 heavy (non-hydrogen) atoms. The highest BCUT2D eigenvalue weighted by molar-refractivity contribution is 5.92. The van der Waals surface area contributed by atoms with E-state index in [1.54, 1.807) is 34.4 Å². The van der Waals surface area contributed by atoms with Crippen LogP contribution >= 0.6 is 0 Å². The summed E-state index contributed by atoms with van der Waals surface area (Å²) >= 11 is 0. The van der Waals surface area contributed by atoms with Crippen LogP contribution in [-0.2, 0) is 19.6 Å². The minimum Gasteiger partial charge on any atom is -0.459 e. The number of fused-ring (bicyclic) bond motifs is 1. The first-order valence-corrected chi connectivity index (χ1v) is 7.86. The Balaban J connectivity index is 1.61. The number of rotatable bonds is 3. The van der Waals surface area contributed by atoms with E-state index in [1.165, 1.54) is 6.33 Å². The molecule has 0 unspecified atom stereocenters. The van der Waals surface area contributed by atoms with E-state index in [9.17, 15) is 4.79 Å². The summed E-state index contributed by atoms with van der Waals surface area (Å²) in [7, 11) is 0. The monoisotopic (exact) mass is 326 g/mol. The van der Waals surface area contributed by atoms with Gasteiger partial charge in [0.2, 0.25) is 0 Å². The highest BCUT2D eigenvalue weighted by atomic mass is 16.3. The fraction of sp³-hybridized carbons (Fsp3) is 0.375. The maximum atomic E-state index is 12.9. The molecule has 0 aromatic carbocycles. The van der Waals surface area contributed by atoms with Crippen LogP contribution in [0.25, 0.3) is 0 Å². The number of hydrogen-bond donors (Lipinski definition) is 0. The van der Waals surface area contributed by atoms with Gasteiger partial charge < -0.3 is 13.9 Å². The predicted octanol–water partition coefficient (Wildman–Crippen LogP) is 1.35. The molecule has 0 N–H and O–H groups in total. The van der Waals surface area contributed by atoms with Crippen molar-refractivity contribution in [1.29, 1.82) is 0 Å². The van der Waals surface area contributed by atoms with Gasteiger partial charge in [-0.2, -0.15) is 5.10 Å². The summed E-state index contributed by atoms with van der Waals surface area (Å²) < 4.78 is 9.28. The molecule has 3 aromatic heterocycles. The highest BCUT2D eigenvalue weighted by Crippen LogP contribution is 2.20. The molecule has 0 fully saturated rings. The Hall–Kier alpha value is -2.90. The molecule has 0 bridgehead atoms. The topological polar surface area (TPSA) is 82.0 Å². The lowest BCUT2D eigenvalue weighted by Gasteiger charge is -2.23. The van der Waals surface area contributed by atoms with E-state index in [2.05, 4.69) is 19.6 Å². The maximum absolute atomic E-state index is 12.9. The van der Waals surface area contributed by atoms with Crippen LogP contribution in [-0.4, -0.2) is 41.7 Å². The molecular weight excluding hydrogens is 308 g/mol. The number of carbonyl (C=O) groups excluding carboxylic acids is 1. The number of furan rings is 1. The summed E-state index contributed by atoms with van der Waals surface area (Å²) in [5, 5.41) is 4.18. The average Bonchev–Trinajstić information content (AvgIpc) is 3.28. The molecule has 1 amide bonds. The van der Waals surface area contributed by atoms with Crippen LogP contribution in [0.5, 0.6) is 0 Å². The third-order valence-electron chi connectivity index (χ3n) is 4.32. The van der Waals surface area contributed by atoms with Gasteiger partial charge in [0.25, 0.3) is 5.91 Å². The Kier molecular flexibility index (Phi) is 3.64. The molecule has 1 atom stereocenters. The van der Waals surface area contributed by atoms with Crippen LogP contribution in [0.15, 0.2) is 41.8 Å². The van der Waals surface area contributed by atoms with E-state index in [0.29, 0.717) is 25.4 Å².